The van der Waals surface area contributed by atoms with E-state index in [1.807, 2.05) is 0 Å². The molecule has 2 nitrogen and oxygen atoms in total. The van der Waals surface area contributed by atoms with Crippen LogP contribution in [0.5, 0.6) is 0 Å². The lowest BCUT2D eigenvalue weighted by atomic mass is 9.91. The lowest BCUT2D eigenvalue weighted by Crippen LogP contribution is -2.40. The smallest absolute Gasteiger partial charge is 0.225 e. The molecule has 1 heterocycles. The average Bonchev–Trinajstić information content (AvgIpc) is 3.30. The largest absolute Gasteiger partial charge is 0.342 e. The number of carbonyl (C=O) groups excluding carboxylic acids is 1. The number of benzene rings is 1. The monoisotopic (exact) mass is 257 g/mol. The van der Waals surface area contributed by atoms with E-state index in [0.717, 1.165) is 32.4 Å². The van der Waals surface area contributed by atoms with Crippen molar-refractivity contribution >= 4 is 5.91 Å². The van der Waals surface area contributed by atoms with Crippen molar-refractivity contribution in [2.75, 3.05) is 13.1 Å². The minimum absolute atomic E-state index is 0.382. The molecule has 1 aliphatic heterocycles. The lowest BCUT2D eigenvalue weighted by Gasteiger charge is -2.33. The third-order valence-electron chi connectivity index (χ3n) is 4.44. The SMILES string of the molecule is O=C(C1CC1)N1CCC[C@H](CCc2ccccc2)C1. The zero-order chi connectivity index (χ0) is 13.1. The Hall–Kier alpha value is -1.31. The number of aryl methyl sites for hydroxylation is 1. The topological polar surface area (TPSA) is 20.3 Å². The van der Waals surface area contributed by atoms with Crippen molar-refractivity contribution in [1.82, 2.24) is 4.90 Å². The molecule has 0 N–H and O–H groups in total. The summed E-state index contributed by atoms with van der Waals surface area (Å²) in [4.78, 5) is 14.2. The highest BCUT2D eigenvalue weighted by Crippen LogP contribution is 2.33. The van der Waals surface area contributed by atoms with Crippen LogP contribution in [-0.2, 0) is 11.2 Å². The van der Waals surface area contributed by atoms with Gasteiger partial charge in [0.05, 0.1) is 0 Å². The van der Waals surface area contributed by atoms with Gasteiger partial charge in [0.1, 0.15) is 0 Å². The molecule has 0 unspecified atom stereocenters. The summed E-state index contributed by atoms with van der Waals surface area (Å²) in [5.41, 5.74) is 1.42. The molecule has 1 saturated heterocycles. The van der Waals surface area contributed by atoms with Crippen LogP contribution in [0.25, 0.3) is 0 Å². The fourth-order valence-corrected chi connectivity index (χ4v) is 3.10. The van der Waals surface area contributed by atoms with Gasteiger partial charge in [-0.1, -0.05) is 30.3 Å². The van der Waals surface area contributed by atoms with Crippen LogP contribution in [0.15, 0.2) is 30.3 Å². The molecule has 1 amide bonds. The fourth-order valence-electron chi connectivity index (χ4n) is 3.10. The molecule has 1 aliphatic carbocycles. The number of rotatable bonds is 4. The van der Waals surface area contributed by atoms with Crippen molar-refractivity contribution in [3.05, 3.63) is 35.9 Å². The summed E-state index contributed by atoms with van der Waals surface area (Å²) in [6.07, 6.45) is 7.11. The van der Waals surface area contributed by atoms with Crippen LogP contribution in [-0.4, -0.2) is 23.9 Å². The Kier molecular flexibility index (Phi) is 3.86. The Morgan fingerprint density at radius 2 is 1.95 bits per heavy atom. The summed E-state index contributed by atoms with van der Waals surface area (Å²) in [7, 11) is 0. The Labute approximate surface area is 115 Å². The van der Waals surface area contributed by atoms with Crippen LogP contribution in [0.1, 0.15) is 37.7 Å². The van der Waals surface area contributed by atoms with E-state index in [0.29, 0.717) is 17.7 Å². The van der Waals surface area contributed by atoms with Gasteiger partial charge in [0.15, 0.2) is 0 Å². The standard InChI is InChI=1S/C17H23NO/c19-17(16-10-11-16)18-12-4-7-15(13-18)9-8-14-5-2-1-3-6-14/h1-3,5-6,15-16H,4,7-13H2/t15-/m1/s1. The molecule has 2 fully saturated rings. The third-order valence-corrected chi connectivity index (χ3v) is 4.44. The number of piperidine rings is 1. The summed E-state index contributed by atoms with van der Waals surface area (Å²) in [5, 5.41) is 0. The zero-order valence-electron chi connectivity index (χ0n) is 11.6. The van der Waals surface area contributed by atoms with Crippen molar-refractivity contribution < 1.29 is 4.79 Å². The minimum atomic E-state index is 0.382. The number of carbonyl (C=O) groups is 1. The van der Waals surface area contributed by atoms with E-state index in [1.165, 1.54) is 24.8 Å². The number of nitrogens with zero attached hydrogens (tertiary/aromatic N) is 1. The molecular weight excluding hydrogens is 234 g/mol. The highest BCUT2D eigenvalue weighted by atomic mass is 16.2. The first kappa shape index (κ1) is 12.7. The molecule has 2 heteroatoms. The molecule has 0 spiro atoms. The molecule has 19 heavy (non-hydrogen) atoms. The van der Waals surface area contributed by atoms with Gasteiger partial charge in [-0.25, -0.2) is 0 Å². The van der Waals surface area contributed by atoms with Gasteiger partial charge in [-0.2, -0.15) is 0 Å². The van der Waals surface area contributed by atoms with Crippen molar-refractivity contribution in [1.29, 1.82) is 0 Å². The van der Waals surface area contributed by atoms with Gasteiger partial charge in [0.2, 0.25) is 5.91 Å². The van der Waals surface area contributed by atoms with Crippen LogP contribution in [0.4, 0.5) is 0 Å². The van der Waals surface area contributed by atoms with Crippen molar-refractivity contribution in [2.45, 2.75) is 38.5 Å². The first-order valence-corrected chi connectivity index (χ1v) is 7.65. The second-order valence-electron chi connectivity index (χ2n) is 6.09. The molecule has 0 bridgehead atoms. The van der Waals surface area contributed by atoms with E-state index >= 15 is 0 Å². The molecule has 0 aromatic heterocycles. The molecule has 1 aromatic rings. The van der Waals surface area contributed by atoms with Gasteiger partial charge >= 0.3 is 0 Å². The molecule has 2 aliphatic rings. The van der Waals surface area contributed by atoms with Gasteiger partial charge in [-0.05, 0) is 50.0 Å². The summed E-state index contributed by atoms with van der Waals surface area (Å²) in [6, 6.07) is 10.7. The van der Waals surface area contributed by atoms with Crippen LogP contribution in [0.2, 0.25) is 0 Å². The van der Waals surface area contributed by atoms with E-state index in [1.54, 1.807) is 0 Å². The van der Waals surface area contributed by atoms with Gasteiger partial charge in [-0.15, -0.1) is 0 Å². The van der Waals surface area contributed by atoms with Gasteiger partial charge in [0, 0.05) is 19.0 Å². The maximum Gasteiger partial charge on any atom is 0.225 e. The highest BCUT2D eigenvalue weighted by molar-refractivity contribution is 5.81. The van der Waals surface area contributed by atoms with Crippen LogP contribution < -0.4 is 0 Å². The second kappa shape index (κ2) is 5.77. The minimum Gasteiger partial charge on any atom is -0.342 e. The van der Waals surface area contributed by atoms with Gasteiger partial charge in [0.25, 0.3) is 0 Å². The Morgan fingerprint density at radius 1 is 1.16 bits per heavy atom. The fraction of sp³-hybridized carbons (Fsp3) is 0.588. The molecule has 102 valence electrons. The number of hydrogen-bond acceptors (Lipinski definition) is 1. The average molecular weight is 257 g/mol. The Bertz CT molecular complexity index is 424. The normalized spacial score (nSPS) is 23.4. The summed E-state index contributed by atoms with van der Waals surface area (Å²) in [5.74, 6) is 1.52. The summed E-state index contributed by atoms with van der Waals surface area (Å²) < 4.78 is 0. The first-order valence-electron chi connectivity index (χ1n) is 7.65. The lowest BCUT2D eigenvalue weighted by molar-refractivity contribution is -0.134. The van der Waals surface area contributed by atoms with E-state index in [4.69, 9.17) is 0 Å². The maximum atomic E-state index is 12.1. The second-order valence-corrected chi connectivity index (χ2v) is 6.09. The summed E-state index contributed by atoms with van der Waals surface area (Å²) >= 11 is 0. The molecule has 0 radical (unpaired) electrons. The van der Waals surface area contributed by atoms with E-state index in [9.17, 15) is 4.79 Å². The number of amides is 1. The quantitative estimate of drug-likeness (QED) is 0.810. The molecule has 1 saturated carbocycles. The van der Waals surface area contributed by atoms with E-state index in [-0.39, 0.29) is 0 Å². The Balaban J connectivity index is 1.49. The predicted octanol–water partition coefficient (Wildman–Crippen LogP) is 3.27. The van der Waals surface area contributed by atoms with Crippen molar-refractivity contribution in [3.8, 4) is 0 Å². The summed E-state index contributed by atoms with van der Waals surface area (Å²) in [6.45, 7) is 2.00. The van der Waals surface area contributed by atoms with Crippen molar-refractivity contribution in [2.24, 2.45) is 11.8 Å². The van der Waals surface area contributed by atoms with E-state index < -0.39 is 0 Å². The number of hydrogen-bond donors (Lipinski definition) is 0. The van der Waals surface area contributed by atoms with E-state index in [2.05, 4.69) is 35.2 Å². The van der Waals surface area contributed by atoms with Crippen LogP contribution >= 0.6 is 0 Å². The maximum absolute atomic E-state index is 12.1. The molecule has 1 aromatic carbocycles. The number of likely N-dealkylation sites (tertiary alicyclic amines) is 1. The molecular formula is C17H23NO. The highest BCUT2D eigenvalue weighted by Gasteiger charge is 2.35. The first-order chi connectivity index (χ1) is 9.33. The van der Waals surface area contributed by atoms with Gasteiger partial charge < -0.3 is 4.90 Å². The molecule has 1 atom stereocenters. The predicted molar refractivity (Wildman–Crippen MR) is 76.8 cm³/mol. The Morgan fingerprint density at radius 3 is 2.68 bits per heavy atom. The van der Waals surface area contributed by atoms with Crippen LogP contribution in [0.3, 0.4) is 0 Å². The van der Waals surface area contributed by atoms with Gasteiger partial charge in [-0.3, -0.25) is 4.79 Å². The third kappa shape index (κ3) is 3.37. The molecule has 3 rings (SSSR count). The van der Waals surface area contributed by atoms with Crippen LogP contribution in [0, 0.1) is 11.8 Å². The van der Waals surface area contributed by atoms with Crippen molar-refractivity contribution in [3.63, 3.8) is 0 Å². The zero-order valence-corrected chi connectivity index (χ0v) is 11.6.